The lowest BCUT2D eigenvalue weighted by Crippen LogP contribution is -2.40. The number of benzene rings is 5. The van der Waals surface area contributed by atoms with E-state index in [-0.39, 0.29) is 12.2 Å². The summed E-state index contributed by atoms with van der Waals surface area (Å²) in [6.45, 7) is 4.26. The Morgan fingerprint density at radius 1 is 0.867 bits per heavy atom. The van der Waals surface area contributed by atoms with Crippen molar-refractivity contribution in [2.45, 2.75) is 26.5 Å². The van der Waals surface area contributed by atoms with E-state index in [1.807, 2.05) is 91.0 Å². The minimum absolute atomic E-state index is 0.206. The lowest BCUT2D eigenvalue weighted by Gasteiger charge is -2.25. The maximum atomic E-state index is 14.1. The maximum absolute atomic E-state index is 14.1. The van der Waals surface area contributed by atoms with Crippen molar-refractivity contribution in [1.29, 1.82) is 0 Å². The predicted octanol–water partition coefficient (Wildman–Crippen LogP) is 6.68. The van der Waals surface area contributed by atoms with Gasteiger partial charge in [0.1, 0.15) is 12.4 Å². The highest BCUT2D eigenvalue weighted by molar-refractivity contribution is 7.07. The molecule has 222 valence electrons. The molecule has 0 amide bonds. The van der Waals surface area contributed by atoms with Crippen molar-refractivity contribution >= 4 is 44.9 Å². The molecule has 6 aromatic rings. The Morgan fingerprint density at radius 2 is 1.53 bits per heavy atom. The molecule has 7 heteroatoms. The van der Waals surface area contributed by atoms with Crippen molar-refractivity contribution < 1.29 is 14.3 Å². The van der Waals surface area contributed by atoms with Gasteiger partial charge in [0.2, 0.25) is 0 Å². The van der Waals surface area contributed by atoms with Gasteiger partial charge in [-0.15, -0.1) is 0 Å². The van der Waals surface area contributed by atoms with Crippen LogP contribution in [0, 0.1) is 0 Å². The molecule has 0 N–H and O–H groups in total. The van der Waals surface area contributed by atoms with E-state index >= 15 is 0 Å². The first-order valence-corrected chi connectivity index (χ1v) is 15.7. The molecule has 1 aliphatic heterocycles. The van der Waals surface area contributed by atoms with E-state index in [0.717, 1.165) is 33.2 Å². The topological polar surface area (TPSA) is 69.9 Å². The fourth-order valence-electron chi connectivity index (χ4n) is 5.97. The van der Waals surface area contributed by atoms with Crippen molar-refractivity contribution in [2.24, 2.45) is 4.99 Å². The molecule has 2 heterocycles. The van der Waals surface area contributed by atoms with E-state index in [9.17, 15) is 9.59 Å². The molecule has 0 spiro atoms. The number of rotatable bonds is 7. The van der Waals surface area contributed by atoms with Gasteiger partial charge in [0.15, 0.2) is 4.80 Å². The van der Waals surface area contributed by atoms with Crippen LogP contribution in [0.25, 0.3) is 27.6 Å². The average molecular weight is 611 g/mol. The van der Waals surface area contributed by atoms with Crippen LogP contribution in [0.15, 0.2) is 130 Å². The van der Waals surface area contributed by atoms with E-state index in [1.165, 1.54) is 22.1 Å². The molecule has 1 atom stereocenters. The number of fused-ring (bicyclic) bond motifs is 3. The summed E-state index contributed by atoms with van der Waals surface area (Å²) >= 11 is 1.31. The van der Waals surface area contributed by atoms with Gasteiger partial charge in [-0.2, -0.15) is 0 Å². The second-order valence-electron chi connectivity index (χ2n) is 10.9. The summed E-state index contributed by atoms with van der Waals surface area (Å²) in [5.74, 6) is 0.275. The van der Waals surface area contributed by atoms with E-state index in [2.05, 4.69) is 24.3 Å². The monoisotopic (exact) mass is 610 g/mol. The number of esters is 1. The minimum atomic E-state index is -0.668. The SMILES string of the molecule is CCOC(=O)C1=C(C)N=c2s/c(=C\c3ccc(OCc4cccc5ccccc45)cc3)c(=O)n2[C@@H]1c1cccc2ccccc12. The quantitative estimate of drug-likeness (QED) is 0.189. The van der Waals surface area contributed by atoms with Gasteiger partial charge in [-0.05, 0) is 70.3 Å². The highest BCUT2D eigenvalue weighted by Gasteiger charge is 2.34. The lowest BCUT2D eigenvalue weighted by molar-refractivity contribution is -0.139. The van der Waals surface area contributed by atoms with Crippen molar-refractivity contribution in [3.63, 3.8) is 0 Å². The maximum Gasteiger partial charge on any atom is 0.338 e. The second-order valence-corrected chi connectivity index (χ2v) is 11.9. The zero-order valence-electron chi connectivity index (χ0n) is 24.9. The van der Waals surface area contributed by atoms with Gasteiger partial charge in [-0.3, -0.25) is 9.36 Å². The van der Waals surface area contributed by atoms with E-state index in [4.69, 9.17) is 14.5 Å². The number of hydrogen-bond donors (Lipinski definition) is 0. The fraction of sp³-hybridized carbons (Fsp3) is 0.132. The van der Waals surface area contributed by atoms with Crippen molar-refractivity contribution in [2.75, 3.05) is 6.61 Å². The van der Waals surface area contributed by atoms with Gasteiger partial charge >= 0.3 is 5.97 Å². The first-order chi connectivity index (χ1) is 22.0. The Hall–Kier alpha value is -5.27. The summed E-state index contributed by atoms with van der Waals surface area (Å²) in [5, 5.41) is 4.35. The number of ether oxygens (including phenoxy) is 2. The second kappa shape index (κ2) is 12.0. The molecule has 0 fully saturated rings. The zero-order chi connectivity index (χ0) is 30.9. The first kappa shape index (κ1) is 28.5. The predicted molar refractivity (Wildman–Crippen MR) is 179 cm³/mol. The number of nitrogens with zero attached hydrogens (tertiary/aromatic N) is 2. The van der Waals surface area contributed by atoms with Gasteiger partial charge in [0.25, 0.3) is 5.56 Å². The van der Waals surface area contributed by atoms with Crippen LogP contribution in [-0.4, -0.2) is 17.1 Å². The lowest BCUT2D eigenvalue weighted by atomic mass is 9.91. The highest BCUT2D eigenvalue weighted by Crippen LogP contribution is 2.34. The van der Waals surface area contributed by atoms with Crippen molar-refractivity contribution in [1.82, 2.24) is 4.57 Å². The molecule has 6 nitrogen and oxygen atoms in total. The Labute approximate surface area is 263 Å². The molecular formula is C38H30N2O4S. The molecule has 45 heavy (non-hydrogen) atoms. The zero-order valence-corrected chi connectivity index (χ0v) is 25.7. The third-order valence-electron chi connectivity index (χ3n) is 8.09. The van der Waals surface area contributed by atoms with Crippen molar-refractivity contribution in [3.8, 4) is 5.75 Å². The fourth-order valence-corrected chi connectivity index (χ4v) is 7.01. The number of hydrogen-bond acceptors (Lipinski definition) is 6. The van der Waals surface area contributed by atoms with Crippen LogP contribution in [0.5, 0.6) is 5.75 Å². The van der Waals surface area contributed by atoms with Crippen LogP contribution in [0.1, 0.15) is 36.6 Å². The van der Waals surface area contributed by atoms with E-state index in [1.54, 1.807) is 18.4 Å². The van der Waals surface area contributed by atoms with Crippen LogP contribution in [0.4, 0.5) is 0 Å². The van der Waals surface area contributed by atoms with Gasteiger partial charge in [0.05, 0.1) is 28.5 Å². The van der Waals surface area contributed by atoms with E-state index < -0.39 is 12.0 Å². The largest absolute Gasteiger partial charge is 0.489 e. The van der Waals surface area contributed by atoms with Gasteiger partial charge in [0, 0.05) is 0 Å². The molecule has 0 aliphatic carbocycles. The van der Waals surface area contributed by atoms with E-state index in [0.29, 0.717) is 27.2 Å². The average Bonchev–Trinajstić information content (AvgIpc) is 3.37. The van der Waals surface area contributed by atoms with Crippen LogP contribution in [0.2, 0.25) is 0 Å². The van der Waals surface area contributed by atoms with Gasteiger partial charge in [-0.1, -0.05) is 108 Å². The number of allylic oxidation sites excluding steroid dienone is 1. The Balaban J connectivity index is 1.25. The molecule has 0 unspecified atom stereocenters. The highest BCUT2D eigenvalue weighted by atomic mass is 32.1. The minimum Gasteiger partial charge on any atom is -0.489 e. The Kier molecular flexibility index (Phi) is 7.61. The number of carbonyl (C=O) groups excluding carboxylic acids is 1. The number of aromatic nitrogens is 1. The molecule has 0 saturated carbocycles. The van der Waals surface area contributed by atoms with Crippen LogP contribution in [0.3, 0.4) is 0 Å². The molecule has 7 rings (SSSR count). The molecule has 0 saturated heterocycles. The van der Waals surface area contributed by atoms with Crippen LogP contribution in [-0.2, 0) is 16.1 Å². The molecule has 5 aromatic carbocycles. The summed E-state index contributed by atoms with van der Waals surface area (Å²) < 4.78 is 13.7. The third-order valence-corrected chi connectivity index (χ3v) is 9.07. The van der Waals surface area contributed by atoms with Crippen LogP contribution < -0.4 is 19.6 Å². The molecule has 0 bridgehead atoms. The summed E-state index contributed by atoms with van der Waals surface area (Å²) in [4.78, 5) is 32.7. The normalized spacial score (nSPS) is 14.8. The van der Waals surface area contributed by atoms with Crippen LogP contribution >= 0.6 is 11.3 Å². The molecule has 0 radical (unpaired) electrons. The summed E-state index contributed by atoms with van der Waals surface area (Å²) in [6.07, 6.45) is 1.86. The smallest absolute Gasteiger partial charge is 0.338 e. The van der Waals surface area contributed by atoms with Gasteiger partial charge < -0.3 is 9.47 Å². The summed E-state index contributed by atoms with van der Waals surface area (Å²) in [6, 6.07) is 35.5. The molecular weight excluding hydrogens is 580 g/mol. The molecule has 1 aliphatic rings. The van der Waals surface area contributed by atoms with Gasteiger partial charge in [-0.25, -0.2) is 9.79 Å². The molecule has 1 aromatic heterocycles. The summed E-state index contributed by atoms with van der Waals surface area (Å²) in [7, 11) is 0. The van der Waals surface area contributed by atoms with Crippen molar-refractivity contribution in [3.05, 3.63) is 157 Å². The standard InChI is InChI=1S/C38H30N2O4S/c1-3-43-37(42)34-24(2)39-38-40(35(34)32-17-9-13-27-11-5-7-16-31(27)32)36(41)33(45-38)22-25-18-20-29(21-19-25)44-23-28-14-8-12-26-10-4-6-15-30(26)28/h4-22,35H,3,23H2,1-2H3/b33-22-/t35-/m1/s1. The Morgan fingerprint density at radius 3 is 2.29 bits per heavy atom. The Bertz CT molecular complexity index is 2290. The first-order valence-electron chi connectivity index (χ1n) is 14.9. The number of carbonyl (C=O) groups is 1. The third kappa shape index (κ3) is 5.36. The number of thiazole rings is 1. The summed E-state index contributed by atoms with van der Waals surface area (Å²) in [5.41, 5.74) is 3.55.